The third kappa shape index (κ3) is 3.33. The number of carbonyl (C=O) groups is 1. The molecule has 3 nitrogen and oxygen atoms in total. The number of ether oxygens (including phenoxy) is 1. The van der Waals surface area contributed by atoms with Crippen LogP contribution >= 0.6 is 0 Å². The molecule has 1 amide bonds. The summed E-state index contributed by atoms with van der Waals surface area (Å²) in [5.74, 6) is 2.71. The van der Waals surface area contributed by atoms with Crippen molar-refractivity contribution < 1.29 is 9.53 Å². The van der Waals surface area contributed by atoms with E-state index in [1.165, 1.54) is 25.7 Å². The number of fused-ring (bicyclic) bond motifs is 2. The lowest BCUT2D eigenvalue weighted by atomic mass is 9.95. The molecule has 0 aromatic heterocycles. The van der Waals surface area contributed by atoms with Crippen molar-refractivity contribution >= 4 is 5.91 Å². The molecular weight excluding hydrogens is 250 g/mol. The van der Waals surface area contributed by atoms with Gasteiger partial charge in [-0.3, -0.25) is 4.79 Å². The fourth-order valence-corrected chi connectivity index (χ4v) is 3.64. The molecule has 1 aromatic rings. The van der Waals surface area contributed by atoms with Crippen molar-refractivity contribution in [2.45, 2.75) is 44.6 Å². The van der Waals surface area contributed by atoms with Crippen LogP contribution in [-0.4, -0.2) is 18.6 Å². The van der Waals surface area contributed by atoms with E-state index in [0.717, 1.165) is 24.0 Å². The summed E-state index contributed by atoms with van der Waals surface area (Å²) in [6.07, 6.45) is 6.58. The number of amides is 1. The van der Waals surface area contributed by atoms with Gasteiger partial charge in [0.1, 0.15) is 5.75 Å². The SMILES string of the molecule is O=C(CCCOc1ccccc1)NC1CC2CCC1C2. The highest BCUT2D eigenvalue weighted by atomic mass is 16.5. The molecule has 20 heavy (non-hydrogen) atoms. The molecule has 1 N–H and O–H groups in total. The molecule has 3 heteroatoms. The second-order valence-corrected chi connectivity index (χ2v) is 6.11. The molecule has 108 valence electrons. The van der Waals surface area contributed by atoms with Gasteiger partial charge in [-0.1, -0.05) is 24.6 Å². The van der Waals surface area contributed by atoms with E-state index in [0.29, 0.717) is 19.1 Å². The number of hydrogen-bond donors (Lipinski definition) is 1. The van der Waals surface area contributed by atoms with Crippen molar-refractivity contribution in [3.05, 3.63) is 30.3 Å². The van der Waals surface area contributed by atoms with Crippen LogP contribution in [0.25, 0.3) is 0 Å². The average Bonchev–Trinajstić information content (AvgIpc) is 3.07. The van der Waals surface area contributed by atoms with Gasteiger partial charge in [0.2, 0.25) is 5.91 Å². The Bertz CT molecular complexity index is 446. The number of hydrogen-bond acceptors (Lipinski definition) is 2. The number of benzene rings is 1. The smallest absolute Gasteiger partial charge is 0.220 e. The third-order valence-electron chi connectivity index (χ3n) is 4.64. The van der Waals surface area contributed by atoms with E-state index in [4.69, 9.17) is 4.74 Å². The fourth-order valence-electron chi connectivity index (χ4n) is 3.64. The maximum atomic E-state index is 11.9. The predicted molar refractivity (Wildman–Crippen MR) is 78.5 cm³/mol. The number of nitrogens with one attached hydrogen (secondary N) is 1. The van der Waals surface area contributed by atoms with E-state index >= 15 is 0 Å². The van der Waals surface area contributed by atoms with Gasteiger partial charge in [0.15, 0.2) is 0 Å². The number of rotatable bonds is 6. The summed E-state index contributed by atoms with van der Waals surface area (Å²) < 4.78 is 5.60. The van der Waals surface area contributed by atoms with E-state index in [1.54, 1.807) is 0 Å². The summed E-state index contributed by atoms with van der Waals surface area (Å²) in [7, 11) is 0. The average molecular weight is 273 g/mol. The molecule has 0 aliphatic heterocycles. The largest absolute Gasteiger partial charge is 0.494 e. The summed E-state index contributed by atoms with van der Waals surface area (Å²) in [5, 5.41) is 3.21. The summed E-state index contributed by atoms with van der Waals surface area (Å²) in [6, 6.07) is 10.2. The molecule has 0 spiro atoms. The quantitative estimate of drug-likeness (QED) is 0.809. The Kier molecular flexibility index (Phi) is 4.24. The summed E-state index contributed by atoms with van der Waals surface area (Å²) in [6.45, 7) is 0.605. The Hall–Kier alpha value is -1.51. The van der Waals surface area contributed by atoms with Gasteiger partial charge in [-0.05, 0) is 49.7 Å². The van der Waals surface area contributed by atoms with E-state index in [2.05, 4.69) is 5.32 Å². The van der Waals surface area contributed by atoms with Crippen LogP contribution in [0.3, 0.4) is 0 Å². The van der Waals surface area contributed by atoms with Crippen LogP contribution in [0.2, 0.25) is 0 Å². The Morgan fingerprint density at radius 2 is 2.05 bits per heavy atom. The lowest BCUT2D eigenvalue weighted by molar-refractivity contribution is -0.122. The second-order valence-electron chi connectivity index (χ2n) is 6.11. The molecule has 0 heterocycles. The molecule has 0 saturated heterocycles. The van der Waals surface area contributed by atoms with Gasteiger partial charge in [0.05, 0.1) is 6.61 Å². The van der Waals surface area contributed by atoms with Gasteiger partial charge in [0.25, 0.3) is 0 Å². The predicted octanol–water partition coefficient (Wildman–Crippen LogP) is 3.15. The fraction of sp³-hybridized carbons (Fsp3) is 0.588. The van der Waals surface area contributed by atoms with Crippen LogP contribution in [0.1, 0.15) is 38.5 Å². The topological polar surface area (TPSA) is 38.3 Å². The molecule has 2 aliphatic carbocycles. The Morgan fingerprint density at radius 3 is 2.75 bits per heavy atom. The third-order valence-corrected chi connectivity index (χ3v) is 4.64. The van der Waals surface area contributed by atoms with Crippen LogP contribution in [0.15, 0.2) is 30.3 Å². The number of carbonyl (C=O) groups excluding carboxylic acids is 1. The van der Waals surface area contributed by atoms with Gasteiger partial charge in [-0.2, -0.15) is 0 Å². The highest BCUT2D eigenvalue weighted by molar-refractivity contribution is 5.76. The Labute approximate surface area is 120 Å². The van der Waals surface area contributed by atoms with Crippen molar-refractivity contribution in [3.63, 3.8) is 0 Å². The molecule has 3 atom stereocenters. The molecule has 1 aromatic carbocycles. The van der Waals surface area contributed by atoms with Crippen LogP contribution in [0, 0.1) is 11.8 Å². The van der Waals surface area contributed by atoms with Gasteiger partial charge in [-0.25, -0.2) is 0 Å². The van der Waals surface area contributed by atoms with Crippen LogP contribution in [0.5, 0.6) is 5.75 Å². The van der Waals surface area contributed by atoms with E-state index < -0.39 is 0 Å². The zero-order chi connectivity index (χ0) is 13.8. The zero-order valence-corrected chi connectivity index (χ0v) is 11.9. The van der Waals surface area contributed by atoms with Crippen LogP contribution < -0.4 is 10.1 Å². The normalized spacial score (nSPS) is 27.5. The minimum Gasteiger partial charge on any atom is -0.494 e. The molecule has 2 saturated carbocycles. The van der Waals surface area contributed by atoms with Crippen LogP contribution in [0.4, 0.5) is 0 Å². The van der Waals surface area contributed by atoms with Crippen molar-refractivity contribution in [1.29, 1.82) is 0 Å². The minimum absolute atomic E-state index is 0.194. The van der Waals surface area contributed by atoms with Gasteiger partial charge < -0.3 is 10.1 Å². The molecular formula is C17H23NO2. The zero-order valence-electron chi connectivity index (χ0n) is 11.9. The summed E-state index contributed by atoms with van der Waals surface area (Å²) in [5.41, 5.74) is 0. The minimum atomic E-state index is 0.194. The molecule has 2 bridgehead atoms. The van der Waals surface area contributed by atoms with Crippen molar-refractivity contribution in [1.82, 2.24) is 5.32 Å². The second kappa shape index (κ2) is 6.29. The summed E-state index contributed by atoms with van der Waals surface area (Å²) >= 11 is 0. The van der Waals surface area contributed by atoms with Crippen molar-refractivity contribution in [3.8, 4) is 5.75 Å². The molecule has 0 radical (unpaired) electrons. The van der Waals surface area contributed by atoms with Crippen molar-refractivity contribution in [2.75, 3.05) is 6.61 Å². The highest BCUT2D eigenvalue weighted by Gasteiger charge is 2.39. The van der Waals surface area contributed by atoms with Gasteiger partial charge >= 0.3 is 0 Å². The van der Waals surface area contributed by atoms with E-state index in [9.17, 15) is 4.79 Å². The molecule has 3 unspecified atom stereocenters. The molecule has 3 rings (SSSR count). The lowest BCUT2D eigenvalue weighted by Crippen LogP contribution is -2.38. The maximum absolute atomic E-state index is 11.9. The number of para-hydroxylation sites is 1. The Morgan fingerprint density at radius 1 is 1.20 bits per heavy atom. The first-order chi connectivity index (χ1) is 9.81. The standard InChI is InChI=1S/C17H23NO2/c19-17(18-16-12-13-8-9-14(16)11-13)7-4-10-20-15-5-2-1-3-6-15/h1-3,5-6,13-14,16H,4,7-12H2,(H,18,19). The first kappa shape index (κ1) is 13.5. The van der Waals surface area contributed by atoms with E-state index in [1.807, 2.05) is 30.3 Å². The molecule has 2 aliphatic rings. The van der Waals surface area contributed by atoms with Crippen molar-refractivity contribution in [2.24, 2.45) is 11.8 Å². The monoisotopic (exact) mass is 273 g/mol. The van der Waals surface area contributed by atoms with Crippen LogP contribution in [-0.2, 0) is 4.79 Å². The van der Waals surface area contributed by atoms with E-state index in [-0.39, 0.29) is 5.91 Å². The first-order valence-corrected chi connectivity index (χ1v) is 7.78. The Balaban J connectivity index is 1.32. The first-order valence-electron chi connectivity index (χ1n) is 7.78. The molecule has 2 fully saturated rings. The van der Waals surface area contributed by atoms with Gasteiger partial charge in [-0.15, -0.1) is 0 Å². The highest BCUT2D eigenvalue weighted by Crippen LogP contribution is 2.44. The lowest BCUT2D eigenvalue weighted by Gasteiger charge is -2.22. The summed E-state index contributed by atoms with van der Waals surface area (Å²) in [4.78, 5) is 11.9. The maximum Gasteiger partial charge on any atom is 0.220 e. The van der Waals surface area contributed by atoms with Gasteiger partial charge in [0, 0.05) is 12.5 Å².